The molecule has 1 aliphatic heterocycles. The summed E-state index contributed by atoms with van der Waals surface area (Å²) >= 11 is 0. The second kappa shape index (κ2) is 5.02. The normalized spacial score (nSPS) is 21.2. The summed E-state index contributed by atoms with van der Waals surface area (Å²) in [6.07, 6.45) is 2.92. The third kappa shape index (κ3) is 2.96. The van der Waals surface area contributed by atoms with Gasteiger partial charge in [-0.2, -0.15) is 0 Å². The summed E-state index contributed by atoms with van der Waals surface area (Å²) in [5.74, 6) is 0.608. The lowest BCUT2D eigenvalue weighted by atomic mass is 9.95. The third-order valence-electron chi connectivity index (χ3n) is 3.26. The van der Waals surface area contributed by atoms with E-state index in [0.717, 1.165) is 19.3 Å². The van der Waals surface area contributed by atoms with Crippen LogP contribution in [-0.4, -0.2) is 37.1 Å². The lowest BCUT2D eigenvalue weighted by molar-refractivity contribution is 0.261. The van der Waals surface area contributed by atoms with Gasteiger partial charge in [0.2, 0.25) is 10.0 Å². The van der Waals surface area contributed by atoms with Crippen LogP contribution in [0.2, 0.25) is 0 Å². The first kappa shape index (κ1) is 13.9. The second-order valence-electron chi connectivity index (χ2n) is 5.54. The van der Waals surface area contributed by atoms with Gasteiger partial charge in [0.05, 0.1) is 4.75 Å². The highest BCUT2D eigenvalue weighted by Gasteiger charge is 2.36. The monoisotopic (exact) mass is 248 g/mol. The maximum absolute atomic E-state index is 12.2. The van der Waals surface area contributed by atoms with Crippen molar-refractivity contribution in [3.63, 3.8) is 0 Å². The Morgan fingerprint density at radius 3 is 2.12 bits per heavy atom. The van der Waals surface area contributed by atoms with Crippen molar-refractivity contribution in [1.82, 2.24) is 4.31 Å². The third-order valence-corrected chi connectivity index (χ3v) is 5.85. The van der Waals surface area contributed by atoms with Gasteiger partial charge in [-0.1, -0.05) is 0 Å². The SMILES string of the molecule is CC(C)(C)S(=O)(=O)N1CCC(CCN)CC1. The van der Waals surface area contributed by atoms with Crippen molar-refractivity contribution in [2.75, 3.05) is 19.6 Å². The van der Waals surface area contributed by atoms with Gasteiger partial charge in [-0.25, -0.2) is 12.7 Å². The molecule has 0 amide bonds. The number of hydrogen-bond donors (Lipinski definition) is 1. The van der Waals surface area contributed by atoms with Crippen LogP contribution in [0, 0.1) is 5.92 Å². The molecule has 4 nitrogen and oxygen atoms in total. The molecule has 0 aromatic carbocycles. The molecule has 1 rings (SSSR count). The van der Waals surface area contributed by atoms with Crippen molar-refractivity contribution in [3.8, 4) is 0 Å². The molecule has 96 valence electrons. The molecule has 0 unspecified atom stereocenters. The molecule has 5 heteroatoms. The summed E-state index contributed by atoms with van der Waals surface area (Å²) in [7, 11) is -3.14. The Labute approximate surface area is 99.2 Å². The molecule has 0 bridgehead atoms. The van der Waals surface area contributed by atoms with Gasteiger partial charge in [0.15, 0.2) is 0 Å². The Bertz CT molecular complexity index is 311. The number of nitrogens with two attached hydrogens (primary N) is 1. The van der Waals surface area contributed by atoms with E-state index in [1.54, 1.807) is 25.1 Å². The van der Waals surface area contributed by atoms with Gasteiger partial charge >= 0.3 is 0 Å². The van der Waals surface area contributed by atoms with E-state index < -0.39 is 14.8 Å². The number of hydrogen-bond acceptors (Lipinski definition) is 3. The maximum atomic E-state index is 12.2. The summed E-state index contributed by atoms with van der Waals surface area (Å²) < 4.78 is 25.3. The fraction of sp³-hybridized carbons (Fsp3) is 1.00. The zero-order chi connectivity index (χ0) is 12.4. The van der Waals surface area contributed by atoms with E-state index in [9.17, 15) is 8.42 Å². The molecule has 16 heavy (non-hydrogen) atoms. The van der Waals surface area contributed by atoms with E-state index >= 15 is 0 Å². The number of sulfonamides is 1. The quantitative estimate of drug-likeness (QED) is 0.815. The average Bonchev–Trinajstić information content (AvgIpc) is 2.17. The van der Waals surface area contributed by atoms with Crippen molar-refractivity contribution < 1.29 is 8.42 Å². The van der Waals surface area contributed by atoms with E-state index in [4.69, 9.17) is 5.73 Å². The Balaban J connectivity index is 2.61. The zero-order valence-corrected chi connectivity index (χ0v) is 11.4. The minimum Gasteiger partial charge on any atom is -0.330 e. The fourth-order valence-corrected chi connectivity index (χ4v) is 3.53. The van der Waals surface area contributed by atoms with Crippen LogP contribution >= 0.6 is 0 Å². The number of rotatable bonds is 3. The summed E-state index contributed by atoms with van der Waals surface area (Å²) in [6, 6.07) is 0. The van der Waals surface area contributed by atoms with Gasteiger partial charge in [-0.05, 0) is 52.5 Å². The van der Waals surface area contributed by atoms with Gasteiger partial charge < -0.3 is 5.73 Å². The summed E-state index contributed by atoms with van der Waals surface area (Å²) in [5.41, 5.74) is 5.52. The Kier molecular flexibility index (Phi) is 4.37. The van der Waals surface area contributed by atoms with Crippen LogP contribution in [0.25, 0.3) is 0 Å². The Morgan fingerprint density at radius 2 is 1.75 bits per heavy atom. The Morgan fingerprint density at radius 1 is 1.25 bits per heavy atom. The molecule has 0 aliphatic carbocycles. The molecule has 0 aromatic heterocycles. The molecular weight excluding hydrogens is 224 g/mol. The minimum atomic E-state index is -3.14. The first-order chi connectivity index (χ1) is 7.29. The molecule has 0 atom stereocenters. The lowest BCUT2D eigenvalue weighted by Crippen LogP contribution is -2.46. The first-order valence-corrected chi connectivity index (χ1v) is 7.43. The molecule has 0 aromatic rings. The van der Waals surface area contributed by atoms with Crippen LogP contribution in [0.5, 0.6) is 0 Å². The van der Waals surface area contributed by atoms with Crippen LogP contribution in [0.1, 0.15) is 40.0 Å². The lowest BCUT2D eigenvalue weighted by Gasteiger charge is -2.35. The fourth-order valence-electron chi connectivity index (χ4n) is 2.06. The summed E-state index contributed by atoms with van der Waals surface area (Å²) in [6.45, 7) is 7.29. The first-order valence-electron chi connectivity index (χ1n) is 5.99. The van der Waals surface area contributed by atoms with Gasteiger partial charge in [-0.15, -0.1) is 0 Å². The minimum absolute atomic E-state index is 0.608. The van der Waals surface area contributed by atoms with Crippen LogP contribution in [0.15, 0.2) is 0 Å². The highest BCUT2D eigenvalue weighted by molar-refractivity contribution is 7.90. The van der Waals surface area contributed by atoms with Gasteiger partial charge in [0, 0.05) is 13.1 Å². The van der Waals surface area contributed by atoms with E-state index in [2.05, 4.69) is 0 Å². The van der Waals surface area contributed by atoms with E-state index in [-0.39, 0.29) is 0 Å². The molecular formula is C11H24N2O2S. The van der Waals surface area contributed by atoms with Crippen LogP contribution in [-0.2, 0) is 10.0 Å². The number of nitrogens with zero attached hydrogens (tertiary/aromatic N) is 1. The van der Waals surface area contributed by atoms with Crippen molar-refractivity contribution in [2.24, 2.45) is 11.7 Å². The predicted molar refractivity (Wildman–Crippen MR) is 66.6 cm³/mol. The highest BCUT2D eigenvalue weighted by Crippen LogP contribution is 2.27. The van der Waals surface area contributed by atoms with E-state index in [1.807, 2.05) is 0 Å². The number of piperidine rings is 1. The molecule has 0 radical (unpaired) electrons. The second-order valence-corrected chi connectivity index (χ2v) is 8.23. The van der Waals surface area contributed by atoms with Crippen molar-refractivity contribution in [2.45, 2.75) is 44.8 Å². The molecule has 1 saturated heterocycles. The summed E-state index contributed by atoms with van der Waals surface area (Å²) in [4.78, 5) is 0. The highest BCUT2D eigenvalue weighted by atomic mass is 32.2. The topological polar surface area (TPSA) is 63.4 Å². The Hall–Kier alpha value is -0.130. The molecule has 0 spiro atoms. The van der Waals surface area contributed by atoms with E-state index in [1.165, 1.54) is 0 Å². The van der Waals surface area contributed by atoms with Crippen molar-refractivity contribution in [3.05, 3.63) is 0 Å². The maximum Gasteiger partial charge on any atom is 0.219 e. The molecule has 0 saturated carbocycles. The van der Waals surface area contributed by atoms with Gasteiger partial charge in [-0.3, -0.25) is 0 Å². The molecule has 1 aliphatic rings. The largest absolute Gasteiger partial charge is 0.330 e. The smallest absolute Gasteiger partial charge is 0.219 e. The zero-order valence-electron chi connectivity index (χ0n) is 10.6. The van der Waals surface area contributed by atoms with Gasteiger partial charge in [0.25, 0.3) is 0 Å². The van der Waals surface area contributed by atoms with Crippen LogP contribution in [0.3, 0.4) is 0 Å². The van der Waals surface area contributed by atoms with Gasteiger partial charge in [0.1, 0.15) is 0 Å². The molecule has 2 N–H and O–H groups in total. The van der Waals surface area contributed by atoms with E-state index in [0.29, 0.717) is 25.6 Å². The standard InChI is InChI=1S/C11H24N2O2S/c1-11(2,3)16(14,15)13-8-5-10(4-7-12)6-9-13/h10H,4-9,12H2,1-3H3. The average molecular weight is 248 g/mol. The molecule has 1 fully saturated rings. The van der Waals surface area contributed by atoms with Crippen LogP contribution < -0.4 is 5.73 Å². The predicted octanol–water partition coefficient (Wildman–Crippen LogP) is 1.18. The van der Waals surface area contributed by atoms with Crippen LogP contribution in [0.4, 0.5) is 0 Å². The summed E-state index contributed by atoms with van der Waals surface area (Å²) in [5, 5.41) is 0. The molecule has 1 heterocycles. The van der Waals surface area contributed by atoms with Crippen molar-refractivity contribution in [1.29, 1.82) is 0 Å². The van der Waals surface area contributed by atoms with Crippen molar-refractivity contribution >= 4 is 10.0 Å².